The van der Waals surface area contributed by atoms with Crippen LogP contribution in [0.25, 0.3) is 6.08 Å². The van der Waals surface area contributed by atoms with E-state index in [0.717, 1.165) is 53.7 Å². The van der Waals surface area contributed by atoms with Gasteiger partial charge in [-0.15, -0.1) is 0 Å². The number of rotatable bonds is 8. The van der Waals surface area contributed by atoms with Crippen LogP contribution >= 0.6 is 11.8 Å². The highest BCUT2D eigenvalue weighted by Crippen LogP contribution is 2.31. The van der Waals surface area contributed by atoms with Crippen molar-refractivity contribution < 1.29 is 23.9 Å². The molecule has 8 heteroatoms. The molecule has 0 spiro atoms. The van der Waals surface area contributed by atoms with Crippen LogP contribution in [-0.2, 0) is 19.1 Å². The van der Waals surface area contributed by atoms with Crippen molar-refractivity contribution >= 4 is 34.9 Å². The predicted octanol–water partition coefficient (Wildman–Crippen LogP) is 3.12. The van der Waals surface area contributed by atoms with Crippen LogP contribution in [0.3, 0.4) is 0 Å². The number of thioether (sulfide) groups is 1. The molecule has 1 aromatic rings. The molecule has 2 saturated heterocycles. The molecule has 2 atom stereocenters. The van der Waals surface area contributed by atoms with Gasteiger partial charge in [-0.05, 0) is 56.5 Å². The average Bonchev–Trinajstić information content (AvgIpc) is 3.01. The lowest BCUT2D eigenvalue weighted by Crippen LogP contribution is -2.41. The zero-order chi connectivity index (χ0) is 21.5. The molecule has 1 N–H and O–H groups in total. The Morgan fingerprint density at radius 3 is 2.80 bits per heavy atom. The molecule has 162 valence electrons. The van der Waals surface area contributed by atoms with E-state index in [1.165, 1.54) is 0 Å². The number of hydrogen-bond acceptors (Lipinski definition) is 6. The molecular weight excluding hydrogens is 404 g/mol. The number of amides is 3. The van der Waals surface area contributed by atoms with Gasteiger partial charge in [0.15, 0.2) is 0 Å². The van der Waals surface area contributed by atoms with E-state index in [-0.39, 0.29) is 36.2 Å². The molecule has 0 saturated carbocycles. The van der Waals surface area contributed by atoms with Gasteiger partial charge >= 0.3 is 0 Å². The second-order valence-corrected chi connectivity index (χ2v) is 8.49. The molecule has 0 aliphatic carbocycles. The molecule has 30 heavy (non-hydrogen) atoms. The van der Waals surface area contributed by atoms with Crippen molar-refractivity contribution in [3.63, 3.8) is 0 Å². The first-order valence-electron chi connectivity index (χ1n) is 10.3. The summed E-state index contributed by atoms with van der Waals surface area (Å²) in [5, 5.41) is 2.40. The summed E-state index contributed by atoms with van der Waals surface area (Å²) < 4.78 is 11.2. The van der Waals surface area contributed by atoms with Crippen LogP contribution in [0.1, 0.15) is 37.3 Å². The van der Waals surface area contributed by atoms with E-state index in [2.05, 4.69) is 5.32 Å². The molecule has 2 fully saturated rings. The Morgan fingerprint density at radius 1 is 1.33 bits per heavy atom. The summed E-state index contributed by atoms with van der Waals surface area (Å²) in [5.74, 6) is -0.605. The molecule has 3 rings (SSSR count). The fourth-order valence-corrected chi connectivity index (χ4v) is 4.07. The lowest BCUT2D eigenvalue weighted by Gasteiger charge is -2.24. The van der Waals surface area contributed by atoms with E-state index in [4.69, 9.17) is 9.47 Å². The van der Waals surface area contributed by atoms with Crippen LogP contribution in [0.5, 0.6) is 0 Å². The van der Waals surface area contributed by atoms with Crippen molar-refractivity contribution in [3.8, 4) is 0 Å². The van der Waals surface area contributed by atoms with Gasteiger partial charge in [0.25, 0.3) is 11.1 Å². The van der Waals surface area contributed by atoms with E-state index in [1.54, 1.807) is 13.0 Å². The van der Waals surface area contributed by atoms with E-state index in [1.807, 2.05) is 31.2 Å². The van der Waals surface area contributed by atoms with Crippen LogP contribution < -0.4 is 5.32 Å². The predicted molar refractivity (Wildman–Crippen MR) is 116 cm³/mol. The monoisotopic (exact) mass is 432 g/mol. The fraction of sp³-hybridized carbons (Fsp3) is 0.500. The summed E-state index contributed by atoms with van der Waals surface area (Å²) in [7, 11) is 0. The third-order valence-corrected chi connectivity index (χ3v) is 5.97. The Kier molecular flexibility index (Phi) is 8.07. The molecule has 2 unspecified atom stereocenters. The number of aryl methyl sites for hydroxylation is 1. The smallest absolute Gasteiger partial charge is 0.293 e. The van der Waals surface area contributed by atoms with Crippen molar-refractivity contribution in [1.29, 1.82) is 0 Å². The van der Waals surface area contributed by atoms with Crippen LogP contribution in [-0.4, -0.2) is 60.5 Å². The third kappa shape index (κ3) is 6.17. The minimum Gasteiger partial charge on any atom is -0.376 e. The van der Waals surface area contributed by atoms with Crippen molar-refractivity contribution in [2.75, 3.05) is 26.3 Å². The SMILES string of the molecule is Cc1ccc(/C=C2/SC(=O)N(CCNC(=O)C(C)OCC3CCCCO3)C2=O)cc1. The maximum atomic E-state index is 12.5. The number of carbonyl (C=O) groups is 3. The van der Waals surface area contributed by atoms with Gasteiger partial charge in [-0.1, -0.05) is 29.8 Å². The van der Waals surface area contributed by atoms with E-state index in [9.17, 15) is 14.4 Å². The highest BCUT2D eigenvalue weighted by atomic mass is 32.2. The summed E-state index contributed by atoms with van der Waals surface area (Å²) in [6.07, 6.45) is 4.28. The number of ether oxygens (including phenoxy) is 2. The first-order valence-corrected chi connectivity index (χ1v) is 11.1. The number of imide groups is 1. The summed E-state index contributed by atoms with van der Waals surface area (Å²) in [6.45, 7) is 5.11. The molecular formula is C22H28N2O5S. The maximum Gasteiger partial charge on any atom is 0.293 e. The van der Waals surface area contributed by atoms with Gasteiger partial charge in [-0.2, -0.15) is 0 Å². The Morgan fingerprint density at radius 2 is 2.10 bits per heavy atom. The van der Waals surface area contributed by atoms with Gasteiger partial charge < -0.3 is 14.8 Å². The quantitative estimate of drug-likeness (QED) is 0.636. The van der Waals surface area contributed by atoms with Gasteiger partial charge in [-0.25, -0.2) is 0 Å². The molecule has 3 amide bonds. The van der Waals surface area contributed by atoms with Crippen LogP contribution in [0.4, 0.5) is 4.79 Å². The van der Waals surface area contributed by atoms with Gasteiger partial charge in [0, 0.05) is 19.7 Å². The molecule has 2 aliphatic rings. The number of benzene rings is 1. The summed E-state index contributed by atoms with van der Waals surface area (Å²) in [4.78, 5) is 38.5. The molecule has 7 nitrogen and oxygen atoms in total. The zero-order valence-corrected chi connectivity index (χ0v) is 18.2. The third-order valence-electron chi connectivity index (χ3n) is 5.06. The largest absolute Gasteiger partial charge is 0.376 e. The van der Waals surface area contributed by atoms with Crippen LogP contribution in [0, 0.1) is 6.92 Å². The molecule has 1 aromatic carbocycles. The maximum absolute atomic E-state index is 12.5. The summed E-state index contributed by atoms with van der Waals surface area (Å²) in [6, 6.07) is 7.72. The second-order valence-electron chi connectivity index (χ2n) is 7.50. The van der Waals surface area contributed by atoms with E-state index < -0.39 is 6.10 Å². The lowest BCUT2D eigenvalue weighted by molar-refractivity contribution is -0.135. The average molecular weight is 433 g/mol. The molecule has 0 bridgehead atoms. The number of carbonyl (C=O) groups excluding carboxylic acids is 3. The molecule has 0 aromatic heterocycles. The fourth-order valence-electron chi connectivity index (χ4n) is 3.21. The van der Waals surface area contributed by atoms with Crippen molar-refractivity contribution in [3.05, 3.63) is 40.3 Å². The van der Waals surface area contributed by atoms with Gasteiger partial charge in [0.2, 0.25) is 5.91 Å². The Hall–Kier alpha value is -2.16. The molecule has 2 heterocycles. The van der Waals surface area contributed by atoms with Gasteiger partial charge in [-0.3, -0.25) is 19.3 Å². The van der Waals surface area contributed by atoms with E-state index >= 15 is 0 Å². The van der Waals surface area contributed by atoms with Crippen molar-refractivity contribution in [2.24, 2.45) is 0 Å². The van der Waals surface area contributed by atoms with Gasteiger partial charge in [0.1, 0.15) is 6.10 Å². The lowest BCUT2D eigenvalue weighted by atomic mass is 10.1. The van der Waals surface area contributed by atoms with Crippen molar-refractivity contribution in [1.82, 2.24) is 10.2 Å². The molecule has 2 aliphatic heterocycles. The van der Waals surface area contributed by atoms with Crippen LogP contribution in [0.2, 0.25) is 0 Å². The minimum absolute atomic E-state index is 0.0459. The number of nitrogens with one attached hydrogen (secondary N) is 1. The number of hydrogen-bond donors (Lipinski definition) is 1. The first kappa shape index (κ1) is 22.5. The number of nitrogens with zero attached hydrogens (tertiary/aromatic N) is 1. The zero-order valence-electron chi connectivity index (χ0n) is 17.4. The molecule has 0 radical (unpaired) electrons. The first-order chi connectivity index (χ1) is 14.4. The van der Waals surface area contributed by atoms with Crippen LogP contribution in [0.15, 0.2) is 29.2 Å². The summed E-state index contributed by atoms with van der Waals surface area (Å²) >= 11 is 0.917. The van der Waals surface area contributed by atoms with Crippen molar-refractivity contribution in [2.45, 2.75) is 45.3 Å². The van der Waals surface area contributed by atoms with Gasteiger partial charge in [0.05, 0.1) is 17.6 Å². The van der Waals surface area contributed by atoms with E-state index in [0.29, 0.717) is 11.5 Å². The summed E-state index contributed by atoms with van der Waals surface area (Å²) in [5.41, 5.74) is 1.99. The normalized spacial score (nSPS) is 21.9. The highest BCUT2D eigenvalue weighted by Gasteiger charge is 2.34. The Balaban J connectivity index is 1.43. The highest BCUT2D eigenvalue weighted by molar-refractivity contribution is 8.18. The minimum atomic E-state index is -0.619. The topological polar surface area (TPSA) is 84.9 Å². The second kappa shape index (κ2) is 10.7. The Labute approximate surface area is 181 Å². The standard InChI is InChI=1S/C22H28N2O5S/c1-15-6-8-17(9-7-15)13-19-21(26)24(22(27)30-19)11-10-23-20(25)16(2)29-14-18-5-3-4-12-28-18/h6-9,13,16,18H,3-5,10-12,14H2,1-2H3,(H,23,25)/b19-13+. The Bertz CT molecular complexity index is 802.